The molecule has 1 atom stereocenters. The summed E-state index contributed by atoms with van der Waals surface area (Å²) < 4.78 is 11.1. The summed E-state index contributed by atoms with van der Waals surface area (Å²) in [6.07, 6.45) is 2.40. The summed E-state index contributed by atoms with van der Waals surface area (Å²) >= 11 is 0. The van der Waals surface area contributed by atoms with Gasteiger partial charge in [0.1, 0.15) is 5.82 Å². The molecule has 0 radical (unpaired) electrons. The molecule has 1 heterocycles. The van der Waals surface area contributed by atoms with Crippen molar-refractivity contribution >= 4 is 11.8 Å². The molecule has 33 heavy (non-hydrogen) atoms. The van der Waals surface area contributed by atoms with Gasteiger partial charge in [-0.15, -0.1) is 0 Å². The number of nitrogens with one attached hydrogen (secondary N) is 3. The first-order valence-corrected chi connectivity index (χ1v) is 11.1. The number of benzene rings is 2. The number of hydrogen-bond acceptors (Lipinski definition) is 5. The number of hydrogen-bond donors (Lipinski definition) is 3. The van der Waals surface area contributed by atoms with E-state index in [0.29, 0.717) is 42.5 Å². The fourth-order valence-corrected chi connectivity index (χ4v) is 3.34. The maximum Gasteiger partial charge on any atom is 0.251 e. The lowest BCUT2D eigenvalue weighted by atomic mass is 10.2. The van der Waals surface area contributed by atoms with Gasteiger partial charge in [0.2, 0.25) is 5.91 Å². The third-order valence-corrected chi connectivity index (χ3v) is 4.97. The molecule has 0 aliphatic heterocycles. The number of aromatic nitrogens is 2. The van der Waals surface area contributed by atoms with Gasteiger partial charge in [0.15, 0.2) is 11.5 Å². The fourth-order valence-electron chi connectivity index (χ4n) is 3.34. The molecule has 0 aliphatic rings. The van der Waals surface area contributed by atoms with Crippen molar-refractivity contribution in [1.82, 2.24) is 20.6 Å². The average molecular weight is 451 g/mol. The minimum Gasteiger partial charge on any atom is -0.490 e. The average Bonchev–Trinajstić information content (AvgIpc) is 3.33. The third-order valence-electron chi connectivity index (χ3n) is 4.97. The zero-order chi connectivity index (χ0) is 23.6. The molecular weight excluding hydrogens is 420 g/mol. The van der Waals surface area contributed by atoms with Gasteiger partial charge in [-0.25, -0.2) is 4.98 Å². The summed E-state index contributed by atoms with van der Waals surface area (Å²) in [5.74, 6) is 1.07. The van der Waals surface area contributed by atoms with Gasteiger partial charge in [-0.3, -0.25) is 9.59 Å². The van der Waals surface area contributed by atoms with Crippen molar-refractivity contribution in [3.05, 3.63) is 66.1 Å². The number of H-pyrrole nitrogens is 1. The van der Waals surface area contributed by atoms with Crippen LogP contribution in [0.15, 0.2) is 54.7 Å². The van der Waals surface area contributed by atoms with E-state index in [2.05, 4.69) is 20.6 Å². The van der Waals surface area contributed by atoms with Gasteiger partial charge < -0.3 is 25.1 Å². The lowest BCUT2D eigenvalue weighted by Crippen LogP contribution is -2.38. The number of amides is 2. The Kier molecular flexibility index (Phi) is 8.46. The van der Waals surface area contributed by atoms with Crippen molar-refractivity contribution in [2.75, 3.05) is 19.8 Å². The Balaban J connectivity index is 1.58. The van der Waals surface area contributed by atoms with Gasteiger partial charge in [0, 0.05) is 5.56 Å². The zero-order valence-corrected chi connectivity index (χ0v) is 19.2. The highest BCUT2D eigenvalue weighted by atomic mass is 16.5. The molecule has 3 aromatic rings. The molecule has 8 nitrogen and oxygen atoms in total. The first-order chi connectivity index (χ1) is 16.0. The van der Waals surface area contributed by atoms with Crippen LogP contribution >= 0.6 is 0 Å². The van der Waals surface area contributed by atoms with Crippen molar-refractivity contribution in [1.29, 1.82) is 0 Å². The largest absolute Gasteiger partial charge is 0.490 e. The quantitative estimate of drug-likeness (QED) is 0.411. The van der Waals surface area contributed by atoms with Crippen molar-refractivity contribution in [2.45, 2.75) is 33.2 Å². The molecule has 174 valence electrons. The van der Waals surface area contributed by atoms with Crippen LogP contribution in [0.3, 0.4) is 0 Å². The van der Waals surface area contributed by atoms with Crippen molar-refractivity contribution in [2.24, 2.45) is 0 Å². The van der Waals surface area contributed by atoms with Crippen LogP contribution in [-0.4, -0.2) is 41.5 Å². The van der Waals surface area contributed by atoms with E-state index in [1.165, 1.54) is 0 Å². The summed E-state index contributed by atoms with van der Waals surface area (Å²) in [5.41, 5.74) is 2.29. The van der Waals surface area contributed by atoms with Crippen LogP contribution in [0.1, 0.15) is 49.4 Å². The molecule has 2 amide bonds. The lowest BCUT2D eigenvalue weighted by molar-refractivity contribution is -0.121. The molecule has 2 aromatic carbocycles. The standard InChI is InChI=1S/C25H30N4O4/c1-4-19(24-26-15-20(29-24)17-10-8-7-9-11-17)28-23(30)16-27-25(31)18-12-13-21(32-5-2)22(14-18)33-6-3/h7-15,19H,4-6,16H2,1-3H3,(H,26,29)(H,27,31)(H,28,30). The molecule has 0 saturated carbocycles. The Bertz CT molecular complexity index is 1070. The van der Waals surface area contributed by atoms with E-state index in [4.69, 9.17) is 9.47 Å². The van der Waals surface area contributed by atoms with E-state index in [1.807, 2.05) is 51.1 Å². The highest BCUT2D eigenvalue weighted by Gasteiger charge is 2.18. The van der Waals surface area contributed by atoms with Gasteiger partial charge in [-0.2, -0.15) is 0 Å². The van der Waals surface area contributed by atoms with Crippen LogP contribution in [0, 0.1) is 0 Å². The highest BCUT2D eigenvalue weighted by molar-refractivity contribution is 5.97. The Morgan fingerprint density at radius 3 is 2.42 bits per heavy atom. The zero-order valence-electron chi connectivity index (χ0n) is 19.2. The summed E-state index contributed by atoms with van der Waals surface area (Å²) in [6.45, 7) is 6.49. The van der Waals surface area contributed by atoms with Crippen LogP contribution in [0.4, 0.5) is 0 Å². The first-order valence-electron chi connectivity index (χ1n) is 11.1. The number of ether oxygens (including phenoxy) is 2. The maximum absolute atomic E-state index is 12.6. The molecule has 3 rings (SSSR count). The molecule has 1 unspecified atom stereocenters. The first kappa shape index (κ1) is 23.8. The second-order valence-corrected chi connectivity index (χ2v) is 7.29. The third kappa shape index (κ3) is 6.35. The normalized spacial score (nSPS) is 11.5. The Morgan fingerprint density at radius 1 is 1.00 bits per heavy atom. The molecule has 8 heteroatoms. The van der Waals surface area contributed by atoms with E-state index in [1.54, 1.807) is 24.4 Å². The minimum atomic E-state index is -0.369. The Labute approximate surface area is 193 Å². The topological polar surface area (TPSA) is 105 Å². The number of carbonyl (C=O) groups is 2. The van der Waals surface area contributed by atoms with Crippen molar-refractivity contribution in [3.63, 3.8) is 0 Å². The molecule has 0 bridgehead atoms. The van der Waals surface area contributed by atoms with Crippen LogP contribution in [0.2, 0.25) is 0 Å². The summed E-state index contributed by atoms with van der Waals surface area (Å²) in [7, 11) is 0. The predicted octanol–water partition coefficient (Wildman–Crippen LogP) is 3.87. The second kappa shape index (κ2) is 11.7. The molecular formula is C25H30N4O4. The lowest BCUT2D eigenvalue weighted by Gasteiger charge is -2.15. The smallest absolute Gasteiger partial charge is 0.251 e. The molecule has 0 aliphatic carbocycles. The van der Waals surface area contributed by atoms with Crippen LogP contribution < -0.4 is 20.1 Å². The van der Waals surface area contributed by atoms with Crippen LogP contribution in [-0.2, 0) is 4.79 Å². The Morgan fingerprint density at radius 2 is 1.73 bits per heavy atom. The number of aromatic amines is 1. The van der Waals surface area contributed by atoms with E-state index >= 15 is 0 Å². The van der Waals surface area contributed by atoms with E-state index in [0.717, 1.165) is 11.3 Å². The van der Waals surface area contributed by atoms with Gasteiger partial charge in [-0.1, -0.05) is 37.3 Å². The van der Waals surface area contributed by atoms with Gasteiger partial charge >= 0.3 is 0 Å². The van der Waals surface area contributed by atoms with Crippen molar-refractivity contribution < 1.29 is 19.1 Å². The van der Waals surface area contributed by atoms with Gasteiger partial charge in [-0.05, 0) is 44.0 Å². The fraction of sp³-hybridized carbons (Fsp3) is 0.320. The minimum absolute atomic E-state index is 0.154. The molecule has 0 spiro atoms. The summed E-state index contributed by atoms with van der Waals surface area (Å²) in [4.78, 5) is 32.7. The summed E-state index contributed by atoms with van der Waals surface area (Å²) in [6, 6.07) is 14.5. The van der Waals surface area contributed by atoms with Gasteiger partial charge in [0.25, 0.3) is 5.91 Å². The maximum atomic E-state index is 12.6. The number of carbonyl (C=O) groups excluding carboxylic acids is 2. The van der Waals surface area contributed by atoms with Crippen LogP contribution in [0.5, 0.6) is 11.5 Å². The number of nitrogens with zero attached hydrogens (tertiary/aromatic N) is 1. The van der Waals surface area contributed by atoms with E-state index in [-0.39, 0.29) is 24.4 Å². The Hall–Kier alpha value is -3.81. The van der Waals surface area contributed by atoms with E-state index < -0.39 is 0 Å². The van der Waals surface area contributed by atoms with Gasteiger partial charge in [0.05, 0.1) is 37.7 Å². The second-order valence-electron chi connectivity index (χ2n) is 7.29. The monoisotopic (exact) mass is 450 g/mol. The number of imidazole rings is 1. The SMILES string of the molecule is CCOc1ccc(C(=O)NCC(=O)NC(CC)c2ncc(-c3ccccc3)[nH]2)cc1OCC. The van der Waals surface area contributed by atoms with Crippen LogP contribution in [0.25, 0.3) is 11.3 Å². The molecule has 3 N–H and O–H groups in total. The van der Waals surface area contributed by atoms with E-state index in [9.17, 15) is 9.59 Å². The highest BCUT2D eigenvalue weighted by Crippen LogP contribution is 2.28. The molecule has 0 fully saturated rings. The summed E-state index contributed by atoms with van der Waals surface area (Å²) in [5, 5.41) is 5.57. The molecule has 0 saturated heterocycles. The number of rotatable bonds is 11. The predicted molar refractivity (Wildman–Crippen MR) is 126 cm³/mol. The van der Waals surface area contributed by atoms with Crippen molar-refractivity contribution in [3.8, 4) is 22.8 Å². The molecule has 1 aromatic heterocycles.